The van der Waals surface area contributed by atoms with Gasteiger partial charge in [-0.1, -0.05) is 62.4 Å². The Morgan fingerprint density at radius 3 is 2.27 bits per heavy atom. The van der Waals surface area contributed by atoms with Gasteiger partial charge in [-0.2, -0.15) is 0 Å². The molecular formula is C22H34N2O2. The van der Waals surface area contributed by atoms with Crippen molar-refractivity contribution in [2.45, 2.75) is 69.9 Å². The average molecular weight is 359 g/mol. The maximum atomic E-state index is 12.4. The maximum Gasteiger partial charge on any atom is 0.234 e. The Kier molecular flexibility index (Phi) is 7.51. The van der Waals surface area contributed by atoms with E-state index >= 15 is 0 Å². The van der Waals surface area contributed by atoms with Gasteiger partial charge in [-0.05, 0) is 50.3 Å². The van der Waals surface area contributed by atoms with Crippen molar-refractivity contribution in [1.82, 2.24) is 10.2 Å². The summed E-state index contributed by atoms with van der Waals surface area (Å²) in [5.74, 6) is 0.472. The second kappa shape index (κ2) is 10.1. The van der Waals surface area contributed by atoms with Gasteiger partial charge in [0, 0.05) is 6.04 Å². The summed E-state index contributed by atoms with van der Waals surface area (Å²) in [7, 11) is 0. The highest BCUT2D eigenvalue weighted by Crippen LogP contribution is 2.30. The molecular weight excluding hydrogens is 324 g/mol. The van der Waals surface area contributed by atoms with Crippen molar-refractivity contribution in [2.75, 3.05) is 19.6 Å². The van der Waals surface area contributed by atoms with Crippen molar-refractivity contribution in [3.63, 3.8) is 0 Å². The van der Waals surface area contributed by atoms with E-state index in [0.717, 1.165) is 44.3 Å². The van der Waals surface area contributed by atoms with Crippen LogP contribution >= 0.6 is 0 Å². The first kappa shape index (κ1) is 19.4. The molecule has 1 unspecified atom stereocenters. The zero-order chi connectivity index (χ0) is 18.2. The minimum absolute atomic E-state index is 0.178. The van der Waals surface area contributed by atoms with Gasteiger partial charge in [-0.25, -0.2) is 0 Å². The molecule has 3 rings (SSSR count). The molecule has 0 radical (unpaired) electrons. The van der Waals surface area contributed by atoms with Crippen LogP contribution < -0.4 is 5.32 Å². The van der Waals surface area contributed by atoms with E-state index in [2.05, 4.69) is 10.2 Å². The van der Waals surface area contributed by atoms with E-state index in [1.54, 1.807) is 0 Å². The Morgan fingerprint density at radius 1 is 1.00 bits per heavy atom. The Morgan fingerprint density at radius 2 is 1.62 bits per heavy atom. The number of likely N-dealkylation sites (tertiary alicyclic amines) is 1. The number of aliphatic hydroxyl groups excluding tert-OH is 1. The summed E-state index contributed by atoms with van der Waals surface area (Å²) < 4.78 is 0. The van der Waals surface area contributed by atoms with E-state index in [-0.39, 0.29) is 12.0 Å². The molecule has 1 atom stereocenters. The topological polar surface area (TPSA) is 52.6 Å². The molecule has 1 aliphatic heterocycles. The van der Waals surface area contributed by atoms with Gasteiger partial charge in [-0.15, -0.1) is 0 Å². The predicted molar refractivity (Wildman–Crippen MR) is 105 cm³/mol. The van der Waals surface area contributed by atoms with Gasteiger partial charge in [0.1, 0.15) is 0 Å². The lowest BCUT2D eigenvalue weighted by molar-refractivity contribution is -0.123. The van der Waals surface area contributed by atoms with Crippen LogP contribution in [-0.4, -0.2) is 41.6 Å². The smallest absolute Gasteiger partial charge is 0.234 e. The van der Waals surface area contributed by atoms with Crippen LogP contribution in [-0.2, 0) is 4.79 Å². The fourth-order valence-electron chi connectivity index (χ4n) is 4.43. The van der Waals surface area contributed by atoms with Crippen LogP contribution in [0.3, 0.4) is 0 Å². The van der Waals surface area contributed by atoms with Crippen LogP contribution in [0, 0.1) is 5.92 Å². The molecule has 1 aromatic rings. The summed E-state index contributed by atoms with van der Waals surface area (Å²) in [6.45, 7) is 2.30. The molecule has 2 aliphatic rings. The molecule has 1 saturated heterocycles. The van der Waals surface area contributed by atoms with Gasteiger partial charge < -0.3 is 10.4 Å². The van der Waals surface area contributed by atoms with Crippen LogP contribution in [0.4, 0.5) is 0 Å². The van der Waals surface area contributed by atoms with E-state index in [0.29, 0.717) is 18.5 Å². The number of piperidine rings is 1. The number of aliphatic hydroxyl groups is 1. The lowest BCUT2D eigenvalue weighted by Gasteiger charge is -2.34. The number of hydrogen-bond acceptors (Lipinski definition) is 3. The highest BCUT2D eigenvalue weighted by Gasteiger charge is 2.27. The minimum Gasteiger partial charge on any atom is -0.388 e. The van der Waals surface area contributed by atoms with Gasteiger partial charge in [-0.3, -0.25) is 9.69 Å². The van der Waals surface area contributed by atoms with E-state index in [1.165, 1.54) is 32.1 Å². The number of carbonyl (C=O) groups is 1. The third-order valence-corrected chi connectivity index (χ3v) is 6.06. The first-order valence-corrected chi connectivity index (χ1v) is 10.5. The molecule has 2 N–H and O–H groups in total. The standard InChI is InChI=1S/C22H34N2O2/c25-21(23-20-11-7-2-1-3-8-12-20)17-24-15-13-19(14-16-24)22(26)18-9-5-4-6-10-18/h4-6,9-10,19-20,22,26H,1-3,7-8,11-17H2,(H,23,25). The highest BCUT2D eigenvalue weighted by molar-refractivity contribution is 5.78. The van der Waals surface area contributed by atoms with Crippen molar-refractivity contribution >= 4 is 5.91 Å². The first-order valence-electron chi connectivity index (χ1n) is 10.5. The number of hydrogen-bond donors (Lipinski definition) is 2. The van der Waals surface area contributed by atoms with Crippen LogP contribution in [0.5, 0.6) is 0 Å². The van der Waals surface area contributed by atoms with Gasteiger partial charge >= 0.3 is 0 Å². The number of rotatable bonds is 5. The lowest BCUT2D eigenvalue weighted by atomic mass is 9.87. The molecule has 1 aromatic carbocycles. The molecule has 144 valence electrons. The number of benzene rings is 1. The highest BCUT2D eigenvalue weighted by atomic mass is 16.3. The summed E-state index contributed by atoms with van der Waals surface area (Å²) in [5, 5.41) is 13.8. The van der Waals surface area contributed by atoms with E-state index < -0.39 is 0 Å². The summed E-state index contributed by atoms with van der Waals surface area (Å²) in [4.78, 5) is 14.7. The monoisotopic (exact) mass is 358 g/mol. The number of carbonyl (C=O) groups excluding carboxylic acids is 1. The first-order chi connectivity index (χ1) is 12.7. The fourth-order valence-corrected chi connectivity index (χ4v) is 4.43. The van der Waals surface area contributed by atoms with Crippen molar-refractivity contribution in [3.8, 4) is 0 Å². The second-order valence-electron chi connectivity index (χ2n) is 8.08. The Hall–Kier alpha value is -1.39. The summed E-state index contributed by atoms with van der Waals surface area (Å²) in [6.07, 6.45) is 10.2. The third-order valence-electron chi connectivity index (χ3n) is 6.06. The molecule has 1 amide bonds. The van der Waals surface area contributed by atoms with E-state index in [1.807, 2.05) is 30.3 Å². The summed E-state index contributed by atoms with van der Waals surface area (Å²) in [5.41, 5.74) is 1.01. The predicted octanol–water partition coefficient (Wildman–Crippen LogP) is 3.66. The van der Waals surface area contributed by atoms with Crippen molar-refractivity contribution in [1.29, 1.82) is 0 Å². The molecule has 0 bridgehead atoms. The Bertz CT molecular complexity index is 532. The molecule has 4 nitrogen and oxygen atoms in total. The average Bonchev–Trinajstić information content (AvgIpc) is 2.64. The zero-order valence-corrected chi connectivity index (χ0v) is 15.9. The third kappa shape index (κ3) is 5.82. The molecule has 2 fully saturated rings. The quantitative estimate of drug-likeness (QED) is 0.844. The van der Waals surface area contributed by atoms with Crippen LogP contribution in [0.2, 0.25) is 0 Å². The Labute approximate surface area is 158 Å². The zero-order valence-electron chi connectivity index (χ0n) is 15.9. The molecule has 1 aliphatic carbocycles. The van der Waals surface area contributed by atoms with E-state index in [4.69, 9.17) is 0 Å². The van der Waals surface area contributed by atoms with Crippen molar-refractivity contribution in [2.24, 2.45) is 5.92 Å². The number of amides is 1. The Balaban J connectivity index is 1.40. The van der Waals surface area contributed by atoms with Crippen molar-refractivity contribution in [3.05, 3.63) is 35.9 Å². The molecule has 4 heteroatoms. The molecule has 0 spiro atoms. The fraction of sp³-hybridized carbons (Fsp3) is 0.682. The minimum atomic E-state index is -0.387. The van der Waals surface area contributed by atoms with Gasteiger partial charge in [0.15, 0.2) is 0 Å². The summed E-state index contributed by atoms with van der Waals surface area (Å²) in [6, 6.07) is 10.3. The molecule has 26 heavy (non-hydrogen) atoms. The van der Waals surface area contributed by atoms with Gasteiger partial charge in [0.05, 0.1) is 12.6 Å². The molecule has 1 saturated carbocycles. The van der Waals surface area contributed by atoms with Crippen molar-refractivity contribution < 1.29 is 9.90 Å². The van der Waals surface area contributed by atoms with Crippen LogP contribution in [0.15, 0.2) is 30.3 Å². The van der Waals surface area contributed by atoms with Gasteiger partial charge in [0.2, 0.25) is 5.91 Å². The number of nitrogens with one attached hydrogen (secondary N) is 1. The SMILES string of the molecule is O=C(CN1CCC(C(O)c2ccccc2)CC1)NC1CCCCCCC1. The largest absolute Gasteiger partial charge is 0.388 e. The van der Waals surface area contributed by atoms with E-state index in [9.17, 15) is 9.90 Å². The lowest BCUT2D eigenvalue weighted by Crippen LogP contribution is -2.45. The van der Waals surface area contributed by atoms with Gasteiger partial charge in [0.25, 0.3) is 0 Å². The molecule has 1 heterocycles. The number of nitrogens with zero attached hydrogens (tertiary/aromatic N) is 1. The molecule has 0 aromatic heterocycles. The second-order valence-corrected chi connectivity index (χ2v) is 8.08. The maximum absolute atomic E-state index is 12.4. The van der Waals surface area contributed by atoms with Crippen LogP contribution in [0.1, 0.15) is 69.5 Å². The van der Waals surface area contributed by atoms with Crippen LogP contribution in [0.25, 0.3) is 0 Å². The normalized spacial score (nSPS) is 22.3. The summed E-state index contributed by atoms with van der Waals surface area (Å²) >= 11 is 0.